The lowest BCUT2D eigenvalue weighted by Gasteiger charge is -2.19. The highest BCUT2D eigenvalue weighted by atomic mass is 16.4. The first-order chi connectivity index (χ1) is 15.0. The maximum atomic E-state index is 12.8. The zero-order chi connectivity index (χ0) is 21.8. The summed E-state index contributed by atoms with van der Waals surface area (Å²) in [6.07, 6.45) is 2.29. The van der Waals surface area contributed by atoms with E-state index in [-0.39, 0.29) is 18.7 Å². The van der Waals surface area contributed by atoms with E-state index in [1.807, 2.05) is 67.6 Å². The van der Waals surface area contributed by atoms with Crippen LogP contribution in [0.2, 0.25) is 0 Å². The zero-order valence-electron chi connectivity index (χ0n) is 17.2. The molecule has 0 aliphatic heterocycles. The van der Waals surface area contributed by atoms with Crippen molar-refractivity contribution in [3.05, 3.63) is 83.7 Å². The molecule has 0 radical (unpaired) electrons. The van der Waals surface area contributed by atoms with Crippen molar-refractivity contribution in [1.82, 2.24) is 15.3 Å². The molecular formula is C25H23N3O3. The van der Waals surface area contributed by atoms with Crippen LogP contribution in [0.1, 0.15) is 35.7 Å². The third-order valence-electron chi connectivity index (χ3n) is 5.42. The molecule has 2 aromatic carbocycles. The van der Waals surface area contributed by atoms with Crippen molar-refractivity contribution in [3.8, 4) is 0 Å². The highest BCUT2D eigenvalue weighted by Gasteiger charge is 2.20. The molecule has 6 nitrogen and oxygen atoms in total. The summed E-state index contributed by atoms with van der Waals surface area (Å²) >= 11 is 0. The van der Waals surface area contributed by atoms with Crippen molar-refractivity contribution in [1.29, 1.82) is 0 Å². The molecule has 4 aromatic rings. The molecule has 4 rings (SSSR count). The summed E-state index contributed by atoms with van der Waals surface area (Å²) in [4.78, 5) is 33.0. The number of carboxylic acid groups (broad SMARTS) is 1. The van der Waals surface area contributed by atoms with Gasteiger partial charge in [0.2, 0.25) is 5.91 Å². The quantitative estimate of drug-likeness (QED) is 0.470. The minimum absolute atomic E-state index is 0.179. The Bertz CT molecular complexity index is 1260. The Hall–Kier alpha value is -3.80. The van der Waals surface area contributed by atoms with Crippen LogP contribution < -0.4 is 5.32 Å². The number of carboxylic acids is 1. The van der Waals surface area contributed by atoms with E-state index in [4.69, 9.17) is 0 Å². The van der Waals surface area contributed by atoms with Gasteiger partial charge in [0.05, 0.1) is 12.5 Å². The van der Waals surface area contributed by atoms with Crippen LogP contribution in [0.15, 0.2) is 66.9 Å². The smallest absolute Gasteiger partial charge is 0.305 e. The Labute approximate surface area is 180 Å². The Kier molecular flexibility index (Phi) is 5.89. The number of carbonyl (C=O) groups is 2. The van der Waals surface area contributed by atoms with E-state index in [0.29, 0.717) is 12.1 Å². The first-order valence-electron chi connectivity index (χ1n) is 10.2. The van der Waals surface area contributed by atoms with Crippen LogP contribution in [-0.2, 0) is 16.0 Å². The highest BCUT2D eigenvalue weighted by molar-refractivity contribution is 5.87. The van der Waals surface area contributed by atoms with E-state index in [0.717, 1.165) is 33.0 Å². The van der Waals surface area contributed by atoms with Crippen molar-refractivity contribution in [2.45, 2.75) is 32.2 Å². The fraction of sp³-hybridized carbons (Fsp3) is 0.200. The van der Waals surface area contributed by atoms with Crippen molar-refractivity contribution in [2.75, 3.05) is 0 Å². The largest absolute Gasteiger partial charge is 0.481 e. The number of rotatable bonds is 7. The number of nitrogens with one attached hydrogen (secondary N) is 1. The van der Waals surface area contributed by atoms with E-state index >= 15 is 0 Å². The van der Waals surface area contributed by atoms with Crippen molar-refractivity contribution < 1.29 is 14.7 Å². The third kappa shape index (κ3) is 4.69. The van der Waals surface area contributed by atoms with Gasteiger partial charge in [-0.15, -0.1) is 0 Å². The zero-order valence-corrected chi connectivity index (χ0v) is 17.2. The molecule has 31 heavy (non-hydrogen) atoms. The maximum absolute atomic E-state index is 12.8. The van der Waals surface area contributed by atoms with E-state index < -0.39 is 12.0 Å². The van der Waals surface area contributed by atoms with E-state index in [9.17, 15) is 14.7 Å². The molecule has 0 aliphatic rings. The molecule has 156 valence electrons. The third-order valence-corrected chi connectivity index (χ3v) is 5.42. The standard InChI is InChI=1S/C25H23N3O3/c1-16-18(14-19-8-5-13-26-25(19)27-16)11-12-23(29)28-22(15-24(30)31)21-10-4-7-17-6-2-3-9-20(17)21/h2-10,13-14,22H,11-12,15H2,1H3,(H,28,29)(H,30,31)/t22-/m1/s1. The molecule has 0 fully saturated rings. The summed E-state index contributed by atoms with van der Waals surface area (Å²) in [6, 6.07) is 18.7. The molecule has 2 heterocycles. The summed E-state index contributed by atoms with van der Waals surface area (Å²) in [7, 11) is 0. The number of nitrogens with zero attached hydrogens (tertiary/aromatic N) is 2. The van der Waals surface area contributed by atoms with Gasteiger partial charge in [0.15, 0.2) is 5.65 Å². The summed E-state index contributed by atoms with van der Waals surface area (Å²) in [5.41, 5.74) is 3.32. The number of benzene rings is 2. The maximum Gasteiger partial charge on any atom is 0.305 e. The van der Waals surface area contributed by atoms with E-state index in [1.165, 1.54) is 0 Å². The Morgan fingerprint density at radius 3 is 2.65 bits per heavy atom. The van der Waals surface area contributed by atoms with Crippen LogP contribution in [0.3, 0.4) is 0 Å². The number of aliphatic carboxylic acids is 1. The molecule has 0 spiro atoms. The predicted octanol–water partition coefficient (Wildman–Crippen LogP) is 4.36. The average Bonchev–Trinajstić information content (AvgIpc) is 2.76. The molecule has 2 N–H and O–H groups in total. The van der Waals surface area contributed by atoms with Gasteiger partial charge >= 0.3 is 5.97 Å². The molecule has 0 bridgehead atoms. The minimum Gasteiger partial charge on any atom is -0.481 e. The van der Waals surface area contributed by atoms with E-state index in [1.54, 1.807) is 6.20 Å². The monoisotopic (exact) mass is 413 g/mol. The number of aryl methyl sites for hydroxylation is 2. The first-order valence-corrected chi connectivity index (χ1v) is 10.2. The molecule has 6 heteroatoms. The summed E-state index contributed by atoms with van der Waals surface area (Å²) in [5.74, 6) is -1.15. The van der Waals surface area contributed by atoms with Crippen LogP contribution in [0.5, 0.6) is 0 Å². The number of aromatic nitrogens is 2. The van der Waals surface area contributed by atoms with Gasteiger partial charge in [0.25, 0.3) is 0 Å². The molecule has 0 aliphatic carbocycles. The fourth-order valence-electron chi connectivity index (χ4n) is 3.87. The number of amides is 1. The fourth-order valence-corrected chi connectivity index (χ4v) is 3.87. The van der Waals surface area contributed by atoms with Gasteiger partial charge in [0.1, 0.15) is 0 Å². The van der Waals surface area contributed by atoms with Gasteiger partial charge in [0, 0.05) is 23.7 Å². The van der Waals surface area contributed by atoms with Gasteiger partial charge < -0.3 is 10.4 Å². The van der Waals surface area contributed by atoms with Crippen LogP contribution >= 0.6 is 0 Å². The summed E-state index contributed by atoms with van der Waals surface area (Å²) in [5, 5.41) is 15.2. The van der Waals surface area contributed by atoms with Crippen molar-refractivity contribution >= 4 is 33.7 Å². The number of carbonyl (C=O) groups excluding carboxylic acids is 1. The minimum atomic E-state index is -0.958. The molecule has 0 saturated carbocycles. The molecule has 0 saturated heterocycles. The normalized spacial score (nSPS) is 12.0. The highest BCUT2D eigenvalue weighted by Crippen LogP contribution is 2.26. The van der Waals surface area contributed by atoms with E-state index in [2.05, 4.69) is 15.3 Å². The number of hydrogen-bond donors (Lipinski definition) is 2. The molecule has 0 unspecified atom stereocenters. The number of pyridine rings is 2. The van der Waals surface area contributed by atoms with Crippen LogP contribution in [0, 0.1) is 6.92 Å². The van der Waals surface area contributed by atoms with Gasteiger partial charge in [-0.2, -0.15) is 0 Å². The van der Waals surface area contributed by atoms with Gasteiger partial charge in [-0.1, -0.05) is 42.5 Å². The SMILES string of the molecule is Cc1nc2ncccc2cc1CCC(=O)N[C@H](CC(=O)O)c1cccc2ccccc12. The van der Waals surface area contributed by atoms with Crippen molar-refractivity contribution in [3.63, 3.8) is 0 Å². The number of fused-ring (bicyclic) bond motifs is 2. The second-order valence-electron chi connectivity index (χ2n) is 7.57. The second kappa shape index (κ2) is 8.92. The molecule has 2 aromatic heterocycles. The topological polar surface area (TPSA) is 92.2 Å². The predicted molar refractivity (Wildman–Crippen MR) is 120 cm³/mol. The summed E-state index contributed by atoms with van der Waals surface area (Å²) in [6.45, 7) is 1.91. The van der Waals surface area contributed by atoms with Gasteiger partial charge in [-0.05, 0) is 53.4 Å². The average molecular weight is 413 g/mol. The molecule has 1 atom stereocenters. The lowest BCUT2D eigenvalue weighted by Crippen LogP contribution is -2.30. The first kappa shape index (κ1) is 20.5. The van der Waals surface area contributed by atoms with Gasteiger partial charge in [-0.25, -0.2) is 9.97 Å². The molecular weight excluding hydrogens is 390 g/mol. The Morgan fingerprint density at radius 2 is 1.81 bits per heavy atom. The van der Waals surface area contributed by atoms with Crippen LogP contribution in [-0.4, -0.2) is 27.0 Å². The Morgan fingerprint density at radius 1 is 1.03 bits per heavy atom. The van der Waals surface area contributed by atoms with Gasteiger partial charge in [-0.3, -0.25) is 9.59 Å². The van der Waals surface area contributed by atoms with Crippen molar-refractivity contribution in [2.24, 2.45) is 0 Å². The van der Waals surface area contributed by atoms with Crippen LogP contribution in [0.4, 0.5) is 0 Å². The lowest BCUT2D eigenvalue weighted by molar-refractivity contribution is -0.137. The Balaban J connectivity index is 1.52. The van der Waals surface area contributed by atoms with Crippen LogP contribution in [0.25, 0.3) is 21.8 Å². The number of hydrogen-bond acceptors (Lipinski definition) is 4. The molecule has 1 amide bonds. The summed E-state index contributed by atoms with van der Waals surface area (Å²) < 4.78 is 0. The lowest BCUT2D eigenvalue weighted by atomic mass is 9.96. The second-order valence-corrected chi connectivity index (χ2v) is 7.57.